The van der Waals surface area contributed by atoms with Gasteiger partial charge < -0.3 is 10.4 Å². The minimum absolute atomic E-state index is 0.0745. The van der Waals surface area contributed by atoms with Gasteiger partial charge in [0.25, 0.3) is 0 Å². The van der Waals surface area contributed by atoms with Crippen molar-refractivity contribution in [3.05, 3.63) is 0 Å². The second-order valence-corrected chi connectivity index (χ2v) is 5.29. The van der Waals surface area contributed by atoms with Gasteiger partial charge in [0, 0.05) is 19.0 Å². The molecule has 1 saturated heterocycles. The Bertz CT molecular complexity index is 313. The molecule has 18 heavy (non-hydrogen) atoms. The van der Waals surface area contributed by atoms with Crippen molar-refractivity contribution < 1.29 is 14.7 Å². The molecule has 1 heterocycles. The molecule has 0 bridgehead atoms. The highest BCUT2D eigenvalue weighted by Gasteiger charge is 2.35. The van der Waals surface area contributed by atoms with Gasteiger partial charge in [0.1, 0.15) is 6.04 Å². The molecule has 0 aromatic rings. The van der Waals surface area contributed by atoms with Gasteiger partial charge in [0.05, 0.1) is 0 Å². The van der Waals surface area contributed by atoms with E-state index in [9.17, 15) is 14.7 Å². The van der Waals surface area contributed by atoms with Gasteiger partial charge in [-0.3, -0.25) is 9.69 Å². The van der Waals surface area contributed by atoms with E-state index in [0.717, 1.165) is 38.6 Å². The summed E-state index contributed by atoms with van der Waals surface area (Å²) >= 11 is 0. The summed E-state index contributed by atoms with van der Waals surface area (Å²) in [5.74, 6) is 0.206. The molecular weight excluding hydrogens is 232 g/mol. The molecule has 102 valence electrons. The molecule has 2 aliphatic rings. The first-order valence-electron chi connectivity index (χ1n) is 6.94. The molecular formula is C13H22N2O3. The van der Waals surface area contributed by atoms with Crippen LogP contribution in [0.25, 0.3) is 0 Å². The van der Waals surface area contributed by atoms with Gasteiger partial charge >= 0.3 is 6.09 Å². The number of carbonyl (C=O) groups excluding carboxylic acids is 1. The Morgan fingerprint density at radius 3 is 2.50 bits per heavy atom. The zero-order chi connectivity index (χ0) is 13.0. The molecule has 5 nitrogen and oxygen atoms in total. The van der Waals surface area contributed by atoms with E-state index in [1.54, 1.807) is 0 Å². The summed E-state index contributed by atoms with van der Waals surface area (Å²) in [4.78, 5) is 25.1. The summed E-state index contributed by atoms with van der Waals surface area (Å²) in [5, 5.41) is 12.4. The van der Waals surface area contributed by atoms with Gasteiger partial charge in [-0.15, -0.1) is 0 Å². The van der Waals surface area contributed by atoms with E-state index in [2.05, 4.69) is 5.32 Å². The second kappa shape index (κ2) is 6.18. The lowest BCUT2D eigenvalue weighted by Gasteiger charge is -2.30. The Hall–Kier alpha value is -1.10. The van der Waals surface area contributed by atoms with Crippen molar-refractivity contribution >= 4 is 11.9 Å². The molecule has 1 aliphatic heterocycles. The van der Waals surface area contributed by atoms with Crippen LogP contribution < -0.4 is 5.32 Å². The monoisotopic (exact) mass is 254 g/mol. The van der Waals surface area contributed by atoms with Gasteiger partial charge in [-0.1, -0.05) is 19.3 Å². The fraction of sp³-hybridized carbons (Fsp3) is 0.846. The number of carboxylic acid groups (broad SMARTS) is 1. The van der Waals surface area contributed by atoms with Crippen LogP contribution in [-0.2, 0) is 4.79 Å². The number of amides is 1. The lowest BCUT2D eigenvalue weighted by Crippen LogP contribution is -2.50. The zero-order valence-corrected chi connectivity index (χ0v) is 10.7. The van der Waals surface area contributed by atoms with Crippen LogP contribution in [0.2, 0.25) is 0 Å². The highest BCUT2D eigenvalue weighted by atomic mass is 16.4. The third-order valence-corrected chi connectivity index (χ3v) is 4.05. The Morgan fingerprint density at radius 2 is 1.83 bits per heavy atom. The van der Waals surface area contributed by atoms with Gasteiger partial charge in [-0.25, -0.2) is 4.79 Å². The van der Waals surface area contributed by atoms with Gasteiger partial charge in [-0.2, -0.15) is 0 Å². The van der Waals surface area contributed by atoms with E-state index in [-0.39, 0.29) is 11.7 Å². The number of Topliss-reactive ketones (excluding diaryl/α,β-unsaturated/α-hetero) is 1. The molecule has 0 aromatic heterocycles. The lowest BCUT2D eigenvalue weighted by atomic mass is 9.83. The van der Waals surface area contributed by atoms with Crippen molar-refractivity contribution in [2.75, 3.05) is 19.6 Å². The zero-order valence-electron chi connectivity index (χ0n) is 10.7. The Balaban J connectivity index is 2.06. The normalized spacial score (nSPS) is 26.7. The van der Waals surface area contributed by atoms with Gasteiger partial charge in [-0.05, 0) is 25.8 Å². The Morgan fingerprint density at radius 1 is 1.11 bits per heavy atom. The number of rotatable bonds is 2. The predicted molar refractivity (Wildman–Crippen MR) is 67.6 cm³/mol. The van der Waals surface area contributed by atoms with Crippen LogP contribution in [0.5, 0.6) is 0 Å². The highest BCUT2D eigenvalue weighted by Crippen LogP contribution is 2.26. The van der Waals surface area contributed by atoms with Crippen molar-refractivity contribution in [3.63, 3.8) is 0 Å². The summed E-state index contributed by atoms with van der Waals surface area (Å²) in [6, 6.07) is -0.479. The van der Waals surface area contributed by atoms with Crippen LogP contribution >= 0.6 is 0 Å². The Kier molecular flexibility index (Phi) is 4.58. The molecule has 2 N–H and O–H groups in total. The van der Waals surface area contributed by atoms with Crippen LogP contribution in [0.4, 0.5) is 4.79 Å². The minimum atomic E-state index is -0.965. The molecule has 1 amide bonds. The maximum atomic E-state index is 12.5. The van der Waals surface area contributed by atoms with E-state index in [0.29, 0.717) is 13.1 Å². The smallest absolute Gasteiger partial charge is 0.407 e. The van der Waals surface area contributed by atoms with E-state index >= 15 is 0 Å². The molecule has 1 aliphatic carbocycles. The minimum Gasteiger partial charge on any atom is -0.465 e. The summed E-state index contributed by atoms with van der Waals surface area (Å²) < 4.78 is 0. The van der Waals surface area contributed by atoms with Gasteiger partial charge in [0.2, 0.25) is 0 Å². The Labute approximate surface area is 108 Å². The average molecular weight is 254 g/mol. The predicted octanol–water partition coefficient (Wildman–Crippen LogP) is 1.48. The second-order valence-electron chi connectivity index (χ2n) is 5.29. The van der Waals surface area contributed by atoms with Crippen molar-refractivity contribution in [2.24, 2.45) is 5.92 Å². The summed E-state index contributed by atoms with van der Waals surface area (Å²) in [5.41, 5.74) is 0. The van der Waals surface area contributed by atoms with E-state index in [1.807, 2.05) is 0 Å². The molecule has 1 saturated carbocycles. The standard InChI is InChI=1S/C13H22N2O3/c16-12(10-5-2-1-3-6-10)11-9-14-7-4-8-15(11)13(17)18/h10-11,14H,1-9H2,(H,17,18). The van der Waals surface area contributed by atoms with E-state index < -0.39 is 12.1 Å². The van der Waals surface area contributed by atoms with Crippen LogP contribution in [0, 0.1) is 5.92 Å². The van der Waals surface area contributed by atoms with Gasteiger partial charge in [0.15, 0.2) is 5.78 Å². The van der Waals surface area contributed by atoms with Crippen molar-refractivity contribution in [1.29, 1.82) is 0 Å². The number of hydrogen-bond donors (Lipinski definition) is 2. The van der Waals surface area contributed by atoms with Crippen LogP contribution in [0.1, 0.15) is 38.5 Å². The maximum absolute atomic E-state index is 12.5. The maximum Gasteiger partial charge on any atom is 0.407 e. The average Bonchev–Trinajstić information content (AvgIpc) is 2.64. The quantitative estimate of drug-likeness (QED) is 0.783. The molecule has 2 rings (SSSR count). The lowest BCUT2D eigenvalue weighted by molar-refractivity contribution is -0.128. The molecule has 2 fully saturated rings. The van der Waals surface area contributed by atoms with Crippen LogP contribution in [0.15, 0.2) is 0 Å². The molecule has 5 heteroatoms. The molecule has 0 radical (unpaired) electrons. The number of ketones is 1. The summed E-state index contributed by atoms with van der Waals surface area (Å²) in [7, 11) is 0. The van der Waals surface area contributed by atoms with Crippen molar-refractivity contribution in [1.82, 2.24) is 10.2 Å². The van der Waals surface area contributed by atoms with Crippen molar-refractivity contribution in [3.8, 4) is 0 Å². The number of carbonyl (C=O) groups is 2. The van der Waals surface area contributed by atoms with E-state index in [4.69, 9.17) is 0 Å². The highest BCUT2D eigenvalue weighted by molar-refractivity contribution is 5.89. The molecule has 0 spiro atoms. The van der Waals surface area contributed by atoms with Crippen LogP contribution in [0.3, 0.4) is 0 Å². The summed E-state index contributed by atoms with van der Waals surface area (Å²) in [6.45, 7) is 1.73. The topological polar surface area (TPSA) is 69.6 Å². The first-order chi connectivity index (χ1) is 8.70. The SMILES string of the molecule is O=C(C1CCCCC1)C1CNCCCN1C(=O)O. The number of hydrogen-bond acceptors (Lipinski definition) is 3. The fourth-order valence-corrected chi connectivity index (χ4v) is 3.02. The third kappa shape index (κ3) is 3.02. The van der Waals surface area contributed by atoms with Crippen LogP contribution in [-0.4, -0.2) is 47.6 Å². The fourth-order valence-electron chi connectivity index (χ4n) is 3.02. The third-order valence-electron chi connectivity index (χ3n) is 4.05. The molecule has 1 atom stereocenters. The summed E-state index contributed by atoms with van der Waals surface area (Å²) in [6.07, 6.45) is 5.09. The molecule has 1 unspecified atom stereocenters. The first kappa shape index (κ1) is 13.3. The van der Waals surface area contributed by atoms with Crippen molar-refractivity contribution in [2.45, 2.75) is 44.6 Å². The first-order valence-corrected chi connectivity index (χ1v) is 6.94. The van der Waals surface area contributed by atoms with E-state index in [1.165, 1.54) is 11.3 Å². The largest absolute Gasteiger partial charge is 0.465 e. The number of nitrogens with one attached hydrogen (secondary N) is 1. The molecule has 0 aromatic carbocycles. The number of nitrogens with zero attached hydrogens (tertiary/aromatic N) is 1.